The van der Waals surface area contributed by atoms with Crippen LogP contribution in [0.25, 0.3) is 0 Å². The number of likely N-dealkylation sites (N-methyl/N-ethyl adjacent to an activating group) is 1. The van der Waals surface area contributed by atoms with Gasteiger partial charge in [-0.1, -0.05) is 6.07 Å². The number of piperazine rings is 1. The molecule has 0 atom stereocenters. The molecule has 0 spiro atoms. The minimum Gasteiger partial charge on any atom is -0.497 e. The number of aliphatic imine (C=N–C) groups is 1. The minimum absolute atomic E-state index is 0. The number of hydrogen-bond acceptors (Lipinski definition) is 4. The molecule has 0 aromatic heterocycles. The maximum absolute atomic E-state index is 11.9. The summed E-state index contributed by atoms with van der Waals surface area (Å²) in [5, 5.41) is 3.49. The van der Waals surface area contributed by atoms with Crippen molar-refractivity contribution >= 4 is 41.5 Å². The third-order valence-electron chi connectivity index (χ3n) is 4.77. The van der Waals surface area contributed by atoms with Gasteiger partial charge in [-0.05, 0) is 25.0 Å². The van der Waals surface area contributed by atoms with Crippen LogP contribution < -0.4 is 15.0 Å². The van der Waals surface area contributed by atoms with Crippen molar-refractivity contribution in [2.45, 2.75) is 18.9 Å². The van der Waals surface area contributed by atoms with Crippen LogP contribution >= 0.6 is 24.0 Å². The third kappa shape index (κ3) is 6.15. The fourth-order valence-corrected chi connectivity index (χ4v) is 2.91. The Morgan fingerprint density at radius 2 is 1.96 bits per heavy atom. The van der Waals surface area contributed by atoms with Crippen molar-refractivity contribution in [3.05, 3.63) is 24.3 Å². The number of carbonyl (C=O) groups excluding carboxylic acids is 1. The van der Waals surface area contributed by atoms with Gasteiger partial charge >= 0.3 is 0 Å². The lowest BCUT2D eigenvalue weighted by Crippen LogP contribution is -2.53. The van der Waals surface area contributed by atoms with Crippen molar-refractivity contribution in [3.63, 3.8) is 0 Å². The summed E-state index contributed by atoms with van der Waals surface area (Å²) in [6.07, 6.45) is 2.37. The molecule has 1 aliphatic heterocycles. The minimum atomic E-state index is 0. The standard InChI is InChI=1S/C19H29N5O2.HI/c1-22(2)18(25)14-20-19(21-15-7-8-15)24-11-9-23(10-12-24)16-5-4-6-17(13-16)26-3;/h4-6,13,15H,7-12,14H2,1-3H3,(H,20,21);1H. The number of rotatable bonds is 5. The van der Waals surface area contributed by atoms with Crippen LogP contribution in [0.5, 0.6) is 5.75 Å². The van der Waals surface area contributed by atoms with E-state index in [-0.39, 0.29) is 36.4 Å². The number of amides is 1. The van der Waals surface area contributed by atoms with Gasteiger partial charge in [0, 0.05) is 58.1 Å². The smallest absolute Gasteiger partial charge is 0.243 e. The molecule has 0 bridgehead atoms. The first kappa shape index (κ1) is 21.6. The lowest BCUT2D eigenvalue weighted by molar-refractivity contribution is -0.127. The van der Waals surface area contributed by atoms with Gasteiger partial charge in [0.05, 0.1) is 7.11 Å². The molecule has 8 heteroatoms. The SMILES string of the molecule is COc1cccc(N2CCN(C(=NCC(=O)N(C)C)NC3CC3)CC2)c1.I. The van der Waals surface area contributed by atoms with Gasteiger partial charge in [-0.25, -0.2) is 4.99 Å². The number of carbonyl (C=O) groups is 1. The summed E-state index contributed by atoms with van der Waals surface area (Å²) in [7, 11) is 5.22. The van der Waals surface area contributed by atoms with Crippen LogP contribution in [-0.4, -0.2) is 81.6 Å². The van der Waals surface area contributed by atoms with Crippen LogP contribution in [-0.2, 0) is 4.79 Å². The zero-order valence-corrected chi connectivity index (χ0v) is 18.7. The molecule has 0 unspecified atom stereocenters. The van der Waals surface area contributed by atoms with Crippen LogP contribution in [0.3, 0.4) is 0 Å². The average molecular weight is 487 g/mol. The van der Waals surface area contributed by atoms with Crippen LogP contribution in [0.1, 0.15) is 12.8 Å². The number of ether oxygens (including phenoxy) is 1. The van der Waals surface area contributed by atoms with E-state index in [2.05, 4.69) is 32.2 Å². The van der Waals surface area contributed by atoms with Gasteiger partial charge in [0.2, 0.25) is 5.91 Å². The quantitative estimate of drug-likeness (QED) is 0.389. The number of hydrogen-bond donors (Lipinski definition) is 1. The second-order valence-corrected chi connectivity index (χ2v) is 7.02. The number of halogens is 1. The first-order valence-corrected chi connectivity index (χ1v) is 9.22. The zero-order chi connectivity index (χ0) is 18.5. The molecule has 2 aliphatic rings. The van der Waals surface area contributed by atoms with Gasteiger partial charge in [-0.15, -0.1) is 24.0 Å². The first-order valence-electron chi connectivity index (χ1n) is 9.22. The van der Waals surface area contributed by atoms with E-state index in [1.807, 2.05) is 12.1 Å². The van der Waals surface area contributed by atoms with E-state index in [0.29, 0.717) is 6.04 Å². The lowest BCUT2D eigenvalue weighted by Gasteiger charge is -2.38. The Morgan fingerprint density at radius 1 is 1.26 bits per heavy atom. The van der Waals surface area contributed by atoms with E-state index >= 15 is 0 Å². The predicted octanol–water partition coefficient (Wildman–Crippen LogP) is 1.63. The number of anilines is 1. The molecule has 1 aliphatic carbocycles. The normalized spacial score (nSPS) is 17.2. The highest BCUT2D eigenvalue weighted by Gasteiger charge is 2.27. The molecule has 7 nitrogen and oxygen atoms in total. The Labute approximate surface area is 178 Å². The van der Waals surface area contributed by atoms with Gasteiger partial charge in [0.25, 0.3) is 0 Å². The van der Waals surface area contributed by atoms with Crippen molar-refractivity contribution in [2.24, 2.45) is 4.99 Å². The zero-order valence-electron chi connectivity index (χ0n) is 16.4. The van der Waals surface area contributed by atoms with Crippen molar-refractivity contribution in [1.29, 1.82) is 0 Å². The van der Waals surface area contributed by atoms with Crippen molar-refractivity contribution < 1.29 is 9.53 Å². The number of guanidine groups is 1. The average Bonchev–Trinajstić information content (AvgIpc) is 3.49. The predicted molar refractivity (Wildman–Crippen MR) is 119 cm³/mol. The fourth-order valence-electron chi connectivity index (χ4n) is 2.91. The van der Waals surface area contributed by atoms with E-state index < -0.39 is 0 Å². The van der Waals surface area contributed by atoms with Crippen molar-refractivity contribution in [3.8, 4) is 5.75 Å². The third-order valence-corrected chi connectivity index (χ3v) is 4.77. The molecule has 1 saturated heterocycles. The molecule has 150 valence electrons. The Hall–Kier alpha value is -1.71. The number of nitrogens with zero attached hydrogens (tertiary/aromatic N) is 4. The highest BCUT2D eigenvalue weighted by Crippen LogP contribution is 2.23. The van der Waals surface area contributed by atoms with Crippen LogP contribution in [0, 0.1) is 0 Å². The molecular formula is C19H30IN5O2. The lowest BCUT2D eigenvalue weighted by atomic mass is 10.2. The highest BCUT2D eigenvalue weighted by atomic mass is 127. The summed E-state index contributed by atoms with van der Waals surface area (Å²) in [6, 6.07) is 8.69. The summed E-state index contributed by atoms with van der Waals surface area (Å²) in [5.74, 6) is 1.77. The van der Waals surface area contributed by atoms with Gasteiger partial charge in [0.15, 0.2) is 5.96 Å². The summed E-state index contributed by atoms with van der Waals surface area (Å²) < 4.78 is 5.33. The Bertz CT molecular complexity index is 655. The van der Waals surface area contributed by atoms with Crippen molar-refractivity contribution in [2.75, 3.05) is 58.8 Å². The van der Waals surface area contributed by atoms with E-state index in [1.54, 1.807) is 26.1 Å². The van der Waals surface area contributed by atoms with Gasteiger partial charge < -0.3 is 24.8 Å². The molecule has 1 amide bonds. The van der Waals surface area contributed by atoms with E-state index in [9.17, 15) is 4.79 Å². The van der Waals surface area contributed by atoms with Gasteiger partial charge in [0.1, 0.15) is 12.3 Å². The van der Waals surface area contributed by atoms with E-state index in [0.717, 1.165) is 37.9 Å². The van der Waals surface area contributed by atoms with Crippen molar-refractivity contribution in [1.82, 2.24) is 15.1 Å². The second-order valence-electron chi connectivity index (χ2n) is 7.02. The molecule has 1 heterocycles. The molecule has 3 rings (SSSR count). The molecule has 2 fully saturated rings. The van der Waals surface area contributed by atoms with Crippen LogP contribution in [0.4, 0.5) is 5.69 Å². The van der Waals surface area contributed by atoms with Crippen LogP contribution in [0.2, 0.25) is 0 Å². The summed E-state index contributed by atoms with van der Waals surface area (Å²) in [4.78, 5) is 22.7. The second kappa shape index (κ2) is 10.0. The largest absolute Gasteiger partial charge is 0.497 e. The van der Waals surface area contributed by atoms with Gasteiger partial charge in [-0.2, -0.15) is 0 Å². The van der Waals surface area contributed by atoms with Gasteiger partial charge in [-0.3, -0.25) is 4.79 Å². The summed E-state index contributed by atoms with van der Waals surface area (Å²) in [6.45, 7) is 3.79. The molecule has 1 aromatic carbocycles. The topological polar surface area (TPSA) is 60.4 Å². The molecule has 27 heavy (non-hydrogen) atoms. The molecule has 1 N–H and O–H groups in total. The van der Waals surface area contributed by atoms with E-state index in [1.165, 1.54) is 18.5 Å². The summed E-state index contributed by atoms with van der Waals surface area (Å²) >= 11 is 0. The maximum atomic E-state index is 11.9. The van der Waals surface area contributed by atoms with E-state index in [4.69, 9.17) is 4.74 Å². The Kier molecular flexibility index (Phi) is 8.00. The number of nitrogens with one attached hydrogen (secondary N) is 1. The molecule has 1 saturated carbocycles. The fraction of sp³-hybridized carbons (Fsp3) is 0.579. The first-order chi connectivity index (χ1) is 12.6. The number of benzene rings is 1. The number of methoxy groups -OCH3 is 1. The summed E-state index contributed by atoms with van der Waals surface area (Å²) in [5.41, 5.74) is 1.18. The highest BCUT2D eigenvalue weighted by molar-refractivity contribution is 14.0. The Balaban J connectivity index is 0.00000261. The Morgan fingerprint density at radius 3 is 2.56 bits per heavy atom. The molecule has 0 radical (unpaired) electrons. The maximum Gasteiger partial charge on any atom is 0.243 e. The van der Waals surface area contributed by atoms with Crippen LogP contribution in [0.15, 0.2) is 29.3 Å². The monoisotopic (exact) mass is 487 g/mol. The molecule has 1 aromatic rings. The molecular weight excluding hydrogens is 457 g/mol.